The van der Waals surface area contributed by atoms with Crippen molar-refractivity contribution in [2.75, 3.05) is 0 Å². The molecule has 0 atom stereocenters. The molecule has 0 spiro atoms. The lowest BCUT2D eigenvalue weighted by Gasteiger charge is -2.29. The van der Waals surface area contributed by atoms with Gasteiger partial charge < -0.3 is 5.73 Å². The number of nitrogens with two attached hydrogens (primary N) is 1. The van der Waals surface area contributed by atoms with E-state index < -0.39 is 0 Å². The van der Waals surface area contributed by atoms with Crippen LogP contribution in [0.5, 0.6) is 0 Å². The Labute approximate surface area is 91.0 Å². The highest BCUT2D eigenvalue weighted by Crippen LogP contribution is 2.43. The largest absolute Gasteiger partial charge is 0.388 e. The summed E-state index contributed by atoms with van der Waals surface area (Å²) in [6.45, 7) is 0. The Morgan fingerprint density at radius 2 is 1.80 bits per heavy atom. The van der Waals surface area contributed by atoms with Crippen LogP contribution in [0.1, 0.15) is 37.7 Å². The molecular weight excluding hydrogens is 184 g/mol. The van der Waals surface area contributed by atoms with Crippen molar-refractivity contribution >= 4 is 5.84 Å². The van der Waals surface area contributed by atoms with Gasteiger partial charge >= 0.3 is 0 Å². The highest BCUT2D eigenvalue weighted by atomic mass is 14.7. The molecule has 2 nitrogen and oxygen atoms in total. The first-order chi connectivity index (χ1) is 7.23. The Balaban J connectivity index is 2.30. The van der Waals surface area contributed by atoms with Gasteiger partial charge in [-0.05, 0) is 18.4 Å². The minimum atomic E-state index is 0.160. The average molecular weight is 202 g/mol. The van der Waals surface area contributed by atoms with Crippen LogP contribution in [0.4, 0.5) is 0 Å². The number of hydrogen-bond donors (Lipinski definition) is 2. The Bertz CT molecular complexity index is 337. The lowest BCUT2D eigenvalue weighted by atomic mass is 9.76. The normalized spacial score (nSPS) is 18.9. The van der Waals surface area contributed by atoms with Gasteiger partial charge in [-0.3, -0.25) is 5.41 Å². The van der Waals surface area contributed by atoms with E-state index in [0.717, 1.165) is 6.42 Å². The second kappa shape index (κ2) is 4.05. The molecule has 0 radical (unpaired) electrons. The zero-order valence-electron chi connectivity index (χ0n) is 9.00. The van der Waals surface area contributed by atoms with Crippen LogP contribution < -0.4 is 5.73 Å². The maximum atomic E-state index is 7.51. The number of amidine groups is 1. The summed E-state index contributed by atoms with van der Waals surface area (Å²) in [6, 6.07) is 10.5. The van der Waals surface area contributed by atoms with Crippen LogP contribution >= 0.6 is 0 Å². The average Bonchev–Trinajstić information content (AvgIpc) is 2.68. The molecule has 0 bridgehead atoms. The monoisotopic (exact) mass is 202 g/mol. The summed E-state index contributed by atoms with van der Waals surface area (Å²) >= 11 is 0. The Morgan fingerprint density at radius 3 is 2.33 bits per heavy atom. The number of benzene rings is 1. The Kier molecular flexibility index (Phi) is 2.76. The molecule has 0 heterocycles. The lowest BCUT2D eigenvalue weighted by Crippen LogP contribution is -2.29. The number of nitrogens with one attached hydrogen (secondary N) is 1. The van der Waals surface area contributed by atoms with Crippen LogP contribution in [0.15, 0.2) is 30.3 Å². The molecule has 3 N–H and O–H groups in total. The third-order valence-electron chi connectivity index (χ3n) is 3.48. The van der Waals surface area contributed by atoms with Gasteiger partial charge in [0.05, 0.1) is 5.84 Å². The summed E-state index contributed by atoms with van der Waals surface area (Å²) in [6.07, 6.45) is 5.61. The maximum Gasteiger partial charge on any atom is 0.0914 e. The second-order valence-corrected chi connectivity index (χ2v) is 4.56. The minimum absolute atomic E-state index is 0.160. The molecule has 1 aliphatic rings. The molecule has 2 heteroatoms. The summed E-state index contributed by atoms with van der Waals surface area (Å²) in [7, 11) is 0. The van der Waals surface area contributed by atoms with E-state index in [9.17, 15) is 0 Å². The van der Waals surface area contributed by atoms with E-state index in [1.54, 1.807) is 0 Å². The van der Waals surface area contributed by atoms with E-state index in [1.165, 1.54) is 31.2 Å². The third-order valence-corrected chi connectivity index (χ3v) is 3.48. The van der Waals surface area contributed by atoms with Gasteiger partial charge in [0.15, 0.2) is 0 Å². The predicted octanol–water partition coefficient (Wildman–Crippen LogP) is 2.82. The van der Waals surface area contributed by atoms with Crippen LogP contribution in [0.25, 0.3) is 0 Å². The predicted molar refractivity (Wildman–Crippen MR) is 63.1 cm³/mol. The molecule has 15 heavy (non-hydrogen) atoms. The summed E-state index contributed by atoms with van der Waals surface area (Å²) in [5, 5.41) is 7.51. The van der Waals surface area contributed by atoms with Crippen molar-refractivity contribution in [3.05, 3.63) is 35.9 Å². The zero-order chi connectivity index (χ0) is 10.7. The summed E-state index contributed by atoms with van der Waals surface area (Å²) in [5.41, 5.74) is 7.10. The SMILES string of the molecule is N=C(N)CC1(c2ccccc2)CCCC1. The van der Waals surface area contributed by atoms with Gasteiger partial charge in [-0.2, -0.15) is 0 Å². The van der Waals surface area contributed by atoms with Crippen molar-refractivity contribution in [2.24, 2.45) is 5.73 Å². The maximum absolute atomic E-state index is 7.51. The first-order valence-electron chi connectivity index (χ1n) is 5.61. The molecule has 0 aliphatic heterocycles. The van der Waals surface area contributed by atoms with Crippen molar-refractivity contribution in [1.29, 1.82) is 5.41 Å². The molecule has 1 fully saturated rings. The summed E-state index contributed by atoms with van der Waals surface area (Å²) < 4.78 is 0. The van der Waals surface area contributed by atoms with Crippen molar-refractivity contribution in [3.8, 4) is 0 Å². The van der Waals surface area contributed by atoms with Crippen LogP contribution in [-0.2, 0) is 5.41 Å². The minimum Gasteiger partial charge on any atom is -0.388 e. The van der Waals surface area contributed by atoms with E-state index in [0.29, 0.717) is 5.84 Å². The van der Waals surface area contributed by atoms with Crippen molar-refractivity contribution in [2.45, 2.75) is 37.5 Å². The molecule has 80 valence electrons. The van der Waals surface area contributed by atoms with E-state index in [2.05, 4.69) is 24.3 Å². The zero-order valence-corrected chi connectivity index (χ0v) is 9.00. The first-order valence-corrected chi connectivity index (χ1v) is 5.61. The van der Waals surface area contributed by atoms with Gasteiger partial charge in [-0.25, -0.2) is 0 Å². The van der Waals surface area contributed by atoms with Gasteiger partial charge in [-0.15, -0.1) is 0 Å². The fourth-order valence-corrected chi connectivity index (χ4v) is 2.78. The molecule has 0 aromatic heterocycles. The number of rotatable bonds is 3. The van der Waals surface area contributed by atoms with Crippen LogP contribution in [0.2, 0.25) is 0 Å². The van der Waals surface area contributed by atoms with Gasteiger partial charge in [0.2, 0.25) is 0 Å². The van der Waals surface area contributed by atoms with Gasteiger partial charge in [0.1, 0.15) is 0 Å². The fraction of sp³-hybridized carbons (Fsp3) is 0.462. The van der Waals surface area contributed by atoms with E-state index >= 15 is 0 Å². The van der Waals surface area contributed by atoms with E-state index in [4.69, 9.17) is 11.1 Å². The van der Waals surface area contributed by atoms with Gasteiger partial charge in [-0.1, -0.05) is 43.2 Å². The quantitative estimate of drug-likeness (QED) is 0.574. The van der Waals surface area contributed by atoms with Crippen LogP contribution in [-0.4, -0.2) is 5.84 Å². The smallest absolute Gasteiger partial charge is 0.0914 e. The van der Waals surface area contributed by atoms with Crippen molar-refractivity contribution in [1.82, 2.24) is 0 Å². The molecule has 1 aromatic rings. The Morgan fingerprint density at radius 1 is 1.20 bits per heavy atom. The lowest BCUT2D eigenvalue weighted by molar-refractivity contribution is 0.457. The van der Waals surface area contributed by atoms with E-state index in [-0.39, 0.29) is 5.41 Å². The fourth-order valence-electron chi connectivity index (χ4n) is 2.78. The Hall–Kier alpha value is -1.31. The van der Waals surface area contributed by atoms with Crippen molar-refractivity contribution in [3.63, 3.8) is 0 Å². The molecule has 0 amide bonds. The van der Waals surface area contributed by atoms with Gasteiger partial charge in [0.25, 0.3) is 0 Å². The third kappa shape index (κ3) is 2.04. The highest BCUT2D eigenvalue weighted by molar-refractivity contribution is 5.78. The highest BCUT2D eigenvalue weighted by Gasteiger charge is 2.35. The van der Waals surface area contributed by atoms with E-state index in [1.807, 2.05) is 6.07 Å². The topological polar surface area (TPSA) is 49.9 Å². The summed E-state index contributed by atoms with van der Waals surface area (Å²) in [4.78, 5) is 0. The summed E-state index contributed by atoms with van der Waals surface area (Å²) in [5.74, 6) is 0.320. The number of hydrogen-bond acceptors (Lipinski definition) is 1. The second-order valence-electron chi connectivity index (χ2n) is 4.56. The standard InChI is InChI=1S/C13H18N2/c14-12(15)10-13(8-4-5-9-13)11-6-2-1-3-7-11/h1-3,6-7H,4-5,8-10H2,(H3,14,15). The van der Waals surface area contributed by atoms with Crippen LogP contribution in [0.3, 0.4) is 0 Å². The molecular formula is C13H18N2. The first kappa shape index (κ1) is 10.2. The van der Waals surface area contributed by atoms with Crippen LogP contribution in [0, 0.1) is 5.41 Å². The molecule has 1 aromatic carbocycles. The van der Waals surface area contributed by atoms with Crippen molar-refractivity contribution < 1.29 is 0 Å². The molecule has 0 unspecified atom stereocenters. The molecule has 1 aliphatic carbocycles. The van der Waals surface area contributed by atoms with Gasteiger partial charge in [0, 0.05) is 11.8 Å². The molecule has 2 rings (SSSR count). The molecule has 0 saturated heterocycles. The molecule has 1 saturated carbocycles.